The molecule has 0 aliphatic rings. The Morgan fingerprint density at radius 3 is 2.72 bits per heavy atom. The van der Waals surface area contributed by atoms with Gasteiger partial charge in [-0.1, -0.05) is 25.1 Å². The highest BCUT2D eigenvalue weighted by Crippen LogP contribution is 2.20. The highest BCUT2D eigenvalue weighted by atomic mass is 32.1. The molecule has 0 aliphatic heterocycles. The van der Waals surface area contributed by atoms with E-state index in [2.05, 4.69) is 10.3 Å². The molecule has 0 fully saturated rings. The number of para-hydroxylation sites is 1. The fourth-order valence-electron chi connectivity index (χ4n) is 3.30. The third kappa shape index (κ3) is 4.31. The number of H-pyrrole nitrogens is 1. The van der Waals surface area contributed by atoms with Crippen molar-refractivity contribution >= 4 is 34.7 Å². The van der Waals surface area contributed by atoms with Crippen LogP contribution in [0.4, 0.5) is 10.1 Å². The van der Waals surface area contributed by atoms with E-state index >= 15 is 0 Å². The summed E-state index contributed by atoms with van der Waals surface area (Å²) < 4.78 is 21.0. The number of benzene rings is 3. The molecule has 0 unspecified atom stereocenters. The third-order valence-electron chi connectivity index (χ3n) is 4.82. The molecule has 0 bridgehead atoms. The number of rotatable bonds is 6. The average Bonchev–Trinajstić information content (AvgIpc) is 2.78. The number of nitrogens with one attached hydrogen (secondary N) is 2. The molecule has 1 heterocycles. The lowest BCUT2D eigenvalue weighted by atomic mass is 10.1. The number of anilines is 1. The summed E-state index contributed by atoms with van der Waals surface area (Å²) in [5.41, 5.74) is 0.909. The maximum Gasteiger partial charge on any atom is 0.266 e. The van der Waals surface area contributed by atoms with Crippen LogP contribution in [-0.2, 0) is 0 Å². The van der Waals surface area contributed by atoms with Crippen LogP contribution in [0, 0.1) is 10.6 Å². The van der Waals surface area contributed by atoms with E-state index in [4.69, 9.17) is 17.0 Å². The summed E-state index contributed by atoms with van der Waals surface area (Å²) in [6.07, 6.45) is 0.883. The van der Waals surface area contributed by atoms with Crippen molar-refractivity contribution in [1.29, 1.82) is 0 Å². The Morgan fingerprint density at radius 1 is 1.12 bits per heavy atom. The van der Waals surface area contributed by atoms with Crippen molar-refractivity contribution in [2.24, 2.45) is 0 Å². The Labute approximate surface area is 188 Å². The summed E-state index contributed by atoms with van der Waals surface area (Å²) in [5, 5.41) is 3.11. The zero-order valence-corrected chi connectivity index (χ0v) is 18.0. The largest absolute Gasteiger partial charge is 0.494 e. The van der Waals surface area contributed by atoms with E-state index in [-0.39, 0.29) is 21.8 Å². The van der Waals surface area contributed by atoms with Crippen LogP contribution in [0.3, 0.4) is 0 Å². The van der Waals surface area contributed by atoms with Gasteiger partial charge in [0.15, 0.2) is 4.77 Å². The molecular weight excluding hydrogens is 429 g/mol. The lowest BCUT2D eigenvalue weighted by molar-refractivity contribution is 0.102. The lowest BCUT2D eigenvalue weighted by Crippen LogP contribution is -2.22. The fraction of sp³-hybridized carbons (Fsp3) is 0.125. The maximum atomic E-state index is 14.2. The molecule has 0 saturated carbocycles. The summed E-state index contributed by atoms with van der Waals surface area (Å²) in [7, 11) is 0. The van der Waals surface area contributed by atoms with Gasteiger partial charge in [0.25, 0.3) is 11.5 Å². The van der Waals surface area contributed by atoms with Crippen molar-refractivity contribution in [2.75, 3.05) is 11.9 Å². The minimum absolute atomic E-state index is 0.0333. The van der Waals surface area contributed by atoms with Crippen molar-refractivity contribution in [1.82, 2.24) is 9.55 Å². The van der Waals surface area contributed by atoms with E-state index in [1.165, 1.54) is 24.3 Å². The van der Waals surface area contributed by atoms with Crippen LogP contribution in [0.1, 0.15) is 23.7 Å². The molecule has 6 nitrogen and oxygen atoms in total. The van der Waals surface area contributed by atoms with E-state index < -0.39 is 11.4 Å². The highest BCUT2D eigenvalue weighted by molar-refractivity contribution is 7.71. The second-order valence-electron chi connectivity index (χ2n) is 7.11. The van der Waals surface area contributed by atoms with Gasteiger partial charge in [-0.15, -0.1) is 0 Å². The Hall–Kier alpha value is -3.78. The van der Waals surface area contributed by atoms with E-state index in [1.54, 1.807) is 36.4 Å². The lowest BCUT2D eigenvalue weighted by Gasteiger charge is -2.11. The van der Waals surface area contributed by atoms with Crippen LogP contribution >= 0.6 is 12.2 Å². The third-order valence-corrected chi connectivity index (χ3v) is 5.10. The topological polar surface area (TPSA) is 76.1 Å². The maximum absolute atomic E-state index is 14.2. The van der Waals surface area contributed by atoms with Crippen LogP contribution in [-0.4, -0.2) is 22.1 Å². The Morgan fingerprint density at radius 2 is 1.94 bits per heavy atom. The predicted octanol–water partition coefficient (Wildman–Crippen LogP) is 5.23. The van der Waals surface area contributed by atoms with Gasteiger partial charge in [0.05, 0.1) is 23.2 Å². The van der Waals surface area contributed by atoms with Gasteiger partial charge in [-0.05, 0) is 61.1 Å². The smallest absolute Gasteiger partial charge is 0.266 e. The highest BCUT2D eigenvalue weighted by Gasteiger charge is 2.13. The van der Waals surface area contributed by atoms with Crippen LogP contribution in [0.25, 0.3) is 16.6 Å². The molecule has 1 aromatic heterocycles. The van der Waals surface area contributed by atoms with Gasteiger partial charge >= 0.3 is 0 Å². The predicted molar refractivity (Wildman–Crippen MR) is 125 cm³/mol. The molecule has 0 radical (unpaired) electrons. The molecule has 32 heavy (non-hydrogen) atoms. The van der Waals surface area contributed by atoms with Gasteiger partial charge in [-0.25, -0.2) is 8.96 Å². The Balaban J connectivity index is 1.67. The molecule has 0 aliphatic carbocycles. The Kier molecular flexibility index (Phi) is 6.13. The minimum atomic E-state index is -0.561. The van der Waals surface area contributed by atoms with E-state index in [9.17, 15) is 14.0 Å². The molecule has 162 valence electrons. The molecule has 2 N–H and O–H groups in total. The first kappa shape index (κ1) is 21.5. The van der Waals surface area contributed by atoms with Gasteiger partial charge in [-0.3, -0.25) is 9.59 Å². The number of carbonyl (C=O) groups is 1. The average molecular weight is 450 g/mol. The normalized spacial score (nSPS) is 10.8. The first-order valence-electron chi connectivity index (χ1n) is 10.1. The van der Waals surface area contributed by atoms with Crippen molar-refractivity contribution in [3.8, 4) is 11.4 Å². The molecule has 1 amide bonds. The van der Waals surface area contributed by atoms with Gasteiger partial charge in [0, 0.05) is 17.3 Å². The summed E-state index contributed by atoms with van der Waals surface area (Å²) in [6, 6.07) is 17.6. The Bertz CT molecular complexity index is 1430. The molecule has 0 atom stereocenters. The number of carbonyl (C=O) groups excluding carboxylic acids is 1. The molecule has 4 rings (SSSR count). The van der Waals surface area contributed by atoms with Crippen LogP contribution in [0.15, 0.2) is 71.5 Å². The standard InChI is InChI=1S/C24H20FN3O3S/c1-2-12-31-17-7-5-6-16(14-17)26-22(29)15-10-11-18-20(13-15)27-24(32)28(23(18)30)21-9-4-3-8-19(21)25/h3-11,13-14H,2,12H2,1H3,(H,26,29)(H,27,32). The summed E-state index contributed by atoms with van der Waals surface area (Å²) in [6.45, 7) is 2.60. The van der Waals surface area contributed by atoms with E-state index in [1.807, 2.05) is 13.0 Å². The number of aromatic amines is 1. The summed E-state index contributed by atoms with van der Waals surface area (Å²) in [4.78, 5) is 28.7. The number of hydrogen-bond donors (Lipinski definition) is 2. The first-order chi connectivity index (χ1) is 15.5. The molecular formula is C24H20FN3O3S. The number of hydrogen-bond acceptors (Lipinski definition) is 4. The van der Waals surface area contributed by atoms with Crippen LogP contribution < -0.4 is 15.6 Å². The second-order valence-corrected chi connectivity index (χ2v) is 7.50. The fourth-order valence-corrected chi connectivity index (χ4v) is 3.59. The van der Waals surface area contributed by atoms with Crippen molar-refractivity contribution in [3.05, 3.63) is 93.2 Å². The van der Waals surface area contributed by atoms with Crippen LogP contribution in [0.5, 0.6) is 5.75 Å². The zero-order chi connectivity index (χ0) is 22.7. The van der Waals surface area contributed by atoms with E-state index in [0.29, 0.717) is 29.1 Å². The van der Waals surface area contributed by atoms with Crippen LogP contribution in [0.2, 0.25) is 0 Å². The minimum Gasteiger partial charge on any atom is -0.494 e. The second kappa shape index (κ2) is 9.15. The van der Waals surface area contributed by atoms with Crippen molar-refractivity contribution < 1.29 is 13.9 Å². The molecule has 4 aromatic rings. The van der Waals surface area contributed by atoms with Crippen molar-refractivity contribution in [2.45, 2.75) is 13.3 Å². The molecule has 0 saturated heterocycles. The molecule has 0 spiro atoms. The number of amides is 1. The number of ether oxygens (including phenoxy) is 1. The van der Waals surface area contributed by atoms with Gasteiger partial charge < -0.3 is 15.0 Å². The molecule has 8 heteroatoms. The van der Waals surface area contributed by atoms with Gasteiger partial charge in [-0.2, -0.15) is 0 Å². The first-order valence-corrected chi connectivity index (χ1v) is 10.5. The van der Waals surface area contributed by atoms with E-state index in [0.717, 1.165) is 11.0 Å². The quantitative estimate of drug-likeness (QED) is 0.395. The number of nitrogens with zero attached hydrogens (tertiary/aromatic N) is 1. The summed E-state index contributed by atoms with van der Waals surface area (Å²) >= 11 is 5.30. The zero-order valence-electron chi connectivity index (χ0n) is 17.2. The molecule has 3 aromatic carbocycles. The number of aromatic nitrogens is 2. The van der Waals surface area contributed by atoms with Crippen molar-refractivity contribution in [3.63, 3.8) is 0 Å². The monoisotopic (exact) mass is 449 g/mol. The van der Waals surface area contributed by atoms with Gasteiger partial charge in [0.2, 0.25) is 0 Å². The van der Waals surface area contributed by atoms with Gasteiger partial charge in [0.1, 0.15) is 11.6 Å². The summed E-state index contributed by atoms with van der Waals surface area (Å²) in [5.74, 6) is -0.243. The number of fused-ring (bicyclic) bond motifs is 1. The number of halogens is 1. The SMILES string of the molecule is CCCOc1cccc(NC(=O)c2ccc3c(=O)n(-c4ccccc4F)c(=S)[nH]c3c2)c1.